The molecule has 1 N–H and O–H groups in total. The fourth-order valence-corrected chi connectivity index (χ4v) is 1.74. The molecule has 0 radical (unpaired) electrons. The zero-order valence-electron chi connectivity index (χ0n) is 10.5. The third-order valence-electron chi connectivity index (χ3n) is 2.83. The summed E-state index contributed by atoms with van der Waals surface area (Å²) in [5.74, 6) is -0.110. The fraction of sp³-hybridized carbons (Fsp3) is 0.571. The Kier molecular flexibility index (Phi) is 5.47. The lowest BCUT2D eigenvalue weighted by Crippen LogP contribution is -2.25. The first-order chi connectivity index (χ1) is 7.63. The van der Waals surface area contributed by atoms with E-state index >= 15 is 0 Å². The highest BCUT2D eigenvalue weighted by Gasteiger charge is 2.04. The normalized spacial score (nSPS) is 12.8. The van der Waals surface area contributed by atoms with E-state index in [0.29, 0.717) is 12.6 Å². The lowest BCUT2D eigenvalue weighted by molar-refractivity contribution is 0.485. The monoisotopic (exact) mass is 223 g/mol. The summed E-state index contributed by atoms with van der Waals surface area (Å²) in [6, 6.07) is 5.72. The van der Waals surface area contributed by atoms with E-state index in [1.54, 1.807) is 12.1 Å². The Morgan fingerprint density at radius 3 is 2.81 bits per heavy atom. The zero-order chi connectivity index (χ0) is 12.0. The summed E-state index contributed by atoms with van der Waals surface area (Å²) < 4.78 is 13.4. The maximum Gasteiger partial charge on any atom is 0.127 e. The van der Waals surface area contributed by atoms with Gasteiger partial charge in [0.25, 0.3) is 0 Å². The molecular weight excluding hydrogens is 201 g/mol. The molecule has 2 heteroatoms. The SMILES string of the molecule is CCCCC(C)NCc1cc(C)ccc1F. The van der Waals surface area contributed by atoms with Gasteiger partial charge in [-0.3, -0.25) is 0 Å². The van der Waals surface area contributed by atoms with Gasteiger partial charge in [0.1, 0.15) is 5.82 Å². The number of nitrogens with one attached hydrogen (secondary N) is 1. The third kappa shape index (κ3) is 4.31. The molecule has 16 heavy (non-hydrogen) atoms. The predicted octanol–water partition coefficient (Wildman–Crippen LogP) is 3.80. The first-order valence-electron chi connectivity index (χ1n) is 6.12. The summed E-state index contributed by atoms with van der Waals surface area (Å²) >= 11 is 0. The lowest BCUT2D eigenvalue weighted by atomic mass is 10.1. The van der Waals surface area contributed by atoms with Crippen LogP contribution < -0.4 is 5.32 Å². The van der Waals surface area contributed by atoms with Crippen LogP contribution in [-0.2, 0) is 6.54 Å². The van der Waals surface area contributed by atoms with Gasteiger partial charge in [0.15, 0.2) is 0 Å². The number of hydrogen-bond acceptors (Lipinski definition) is 1. The van der Waals surface area contributed by atoms with Crippen molar-refractivity contribution in [3.05, 3.63) is 35.1 Å². The fourth-order valence-electron chi connectivity index (χ4n) is 1.74. The van der Waals surface area contributed by atoms with E-state index < -0.39 is 0 Å². The van der Waals surface area contributed by atoms with Crippen LogP contribution in [0.2, 0.25) is 0 Å². The van der Waals surface area contributed by atoms with Crippen LogP contribution >= 0.6 is 0 Å². The van der Waals surface area contributed by atoms with E-state index in [2.05, 4.69) is 19.2 Å². The minimum absolute atomic E-state index is 0.110. The summed E-state index contributed by atoms with van der Waals surface area (Å²) in [7, 11) is 0. The molecule has 0 saturated heterocycles. The van der Waals surface area contributed by atoms with Crippen molar-refractivity contribution in [1.29, 1.82) is 0 Å². The second kappa shape index (κ2) is 6.64. The van der Waals surface area contributed by atoms with Crippen LogP contribution in [-0.4, -0.2) is 6.04 Å². The van der Waals surface area contributed by atoms with Gasteiger partial charge in [-0.2, -0.15) is 0 Å². The first kappa shape index (κ1) is 13.2. The standard InChI is InChI=1S/C14H22FN/c1-4-5-6-12(3)16-10-13-9-11(2)7-8-14(13)15/h7-9,12,16H,4-6,10H2,1-3H3. The maximum absolute atomic E-state index is 13.4. The molecule has 0 spiro atoms. The Bertz CT molecular complexity index is 323. The van der Waals surface area contributed by atoms with E-state index in [1.165, 1.54) is 12.8 Å². The molecule has 0 aliphatic heterocycles. The van der Waals surface area contributed by atoms with Gasteiger partial charge in [-0.25, -0.2) is 4.39 Å². The Hall–Kier alpha value is -0.890. The number of benzene rings is 1. The highest BCUT2D eigenvalue weighted by molar-refractivity contribution is 5.23. The topological polar surface area (TPSA) is 12.0 Å². The van der Waals surface area contributed by atoms with Crippen molar-refractivity contribution >= 4 is 0 Å². The molecule has 1 rings (SSSR count). The number of unbranched alkanes of at least 4 members (excludes halogenated alkanes) is 1. The average molecular weight is 223 g/mol. The zero-order valence-corrected chi connectivity index (χ0v) is 10.5. The molecule has 0 aliphatic carbocycles. The summed E-state index contributed by atoms with van der Waals surface area (Å²) in [6.45, 7) is 6.96. The molecule has 1 unspecified atom stereocenters. The van der Waals surface area contributed by atoms with Crippen LogP contribution in [0.5, 0.6) is 0 Å². The quantitative estimate of drug-likeness (QED) is 0.773. The van der Waals surface area contributed by atoms with Crippen molar-refractivity contribution in [1.82, 2.24) is 5.32 Å². The van der Waals surface area contributed by atoms with Gasteiger partial charge in [-0.15, -0.1) is 0 Å². The Morgan fingerprint density at radius 2 is 2.12 bits per heavy atom. The van der Waals surface area contributed by atoms with Crippen molar-refractivity contribution in [2.45, 2.75) is 52.6 Å². The van der Waals surface area contributed by atoms with E-state index in [0.717, 1.165) is 17.5 Å². The molecule has 1 nitrogen and oxygen atoms in total. The molecule has 0 heterocycles. The molecule has 1 aromatic carbocycles. The molecule has 0 aromatic heterocycles. The van der Waals surface area contributed by atoms with Gasteiger partial charge in [-0.05, 0) is 26.3 Å². The van der Waals surface area contributed by atoms with Gasteiger partial charge >= 0.3 is 0 Å². The van der Waals surface area contributed by atoms with E-state index in [9.17, 15) is 4.39 Å². The molecule has 0 bridgehead atoms. The second-order valence-electron chi connectivity index (χ2n) is 4.52. The van der Waals surface area contributed by atoms with Crippen LogP contribution in [0, 0.1) is 12.7 Å². The molecule has 0 aliphatic rings. The van der Waals surface area contributed by atoms with Gasteiger partial charge < -0.3 is 5.32 Å². The van der Waals surface area contributed by atoms with Crippen LogP contribution in [0.4, 0.5) is 4.39 Å². The van der Waals surface area contributed by atoms with Crippen molar-refractivity contribution in [2.24, 2.45) is 0 Å². The smallest absolute Gasteiger partial charge is 0.127 e. The second-order valence-corrected chi connectivity index (χ2v) is 4.52. The van der Waals surface area contributed by atoms with Crippen LogP contribution in [0.1, 0.15) is 44.2 Å². The van der Waals surface area contributed by atoms with Gasteiger partial charge in [-0.1, -0.05) is 37.5 Å². The molecule has 0 saturated carbocycles. The number of halogens is 1. The highest BCUT2D eigenvalue weighted by Crippen LogP contribution is 2.10. The number of aryl methyl sites for hydroxylation is 1. The molecule has 90 valence electrons. The molecule has 1 atom stereocenters. The average Bonchev–Trinajstić information content (AvgIpc) is 2.27. The van der Waals surface area contributed by atoms with Crippen molar-refractivity contribution < 1.29 is 4.39 Å². The van der Waals surface area contributed by atoms with Crippen LogP contribution in [0.15, 0.2) is 18.2 Å². The van der Waals surface area contributed by atoms with Crippen molar-refractivity contribution in [3.63, 3.8) is 0 Å². The molecular formula is C14H22FN. The highest BCUT2D eigenvalue weighted by atomic mass is 19.1. The number of hydrogen-bond donors (Lipinski definition) is 1. The predicted molar refractivity (Wildman–Crippen MR) is 67.0 cm³/mol. The minimum atomic E-state index is -0.110. The molecule has 1 aromatic rings. The third-order valence-corrected chi connectivity index (χ3v) is 2.83. The lowest BCUT2D eigenvalue weighted by Gasteiger charge is -2.13. The largest absolute Gasteiger partial charge is 0.310 e. The summed E-state index contributed by atoms with van der Waals surface area (Å²) in [5, 5.41) is 3.36. The summed E-state index contributed by atoms with van der Waals surface area (Å²) in [6.07, 6.45) is 3.60. The Labute approximate surface area is 98.1 Å². The maximum atomic E-state index is 13.4. The van der Waals surface area contributed by atoms with Crippen LogP contribution in [0.3, 0.4) is 0 Å². The first-order valence-corrected chi connectivity index (χ1v) is 6.12. The molecule has 0 fully saturated rings. The Morgan fingerprint density at radius 1 is 1.38 bits per heavy atom. The minimum Gasteiger partial charge on any atom is -0.310 e. The van der Waals surface area contributed by atoms with Crippen LogP contribution in [0.25, 0.3) is 0 Å². The number of rotatable bonds is 6. The van der Waals surface area contributed by atoms with E-state index in [-0.39, 0.29) is 5.82 Å². The summed E-state index contributed by atoms with van der Waals surface area (Å²) in [5.41, 5.74) is 1.88. The van der Waals surface area contributed by atoms with Crippen molar-refractivity contribution in [2.75, 3.05) is 0 Å². The Balaban J connectivity index is 2.44. The van der Waals surface area contributed by atoms with Gasteiger partial charge in [0, 0.05) is 18.2 Å². The van der Waals surface area contributed by atoms with Gasteiger partial charge in [0.2, 0.25) is 0 Å². The summed E-state index contributed by atoms with van der Waals surface area (Å²) in [4.78, 5) is 0. The van der Waals surface area contributed by atoms with Gasteiger partial charge in [0.05, 0.1) is 0 Å². The molecule has 0 amide bonds. The van der Waals surface area contributed by atoms with E-state index in [1.807, 2.05) is 13.0 Å². The van der Waals surface area contributed by atoms with Crippen molar-refractivity contribution in [3.8, 4) is 0 Å². The van der Waals surface area contributed by atoms with E-state index in [4.69, 9.17) is 0 Å².